The van der Waals surface area contributed by atoms with E-state index in [9.17, 15) is 41.0 Å². The van der Waals surface area contributed by atoms with Crippen molar-refractivity contribution in [1.29, 1.82) is 0 Å². The number of amides is 1. The summed E-state index contributed by atoms with van der Waals surface area (Å²) < 4.78 is 85.1. The Balaban J connectivity index is 2.04. The van der Waals surface area contributed by atoms with Crippen molar-refractivity contribution in [3.05, 3.63) is 45.9 Å². The molecule has 186 valence electrons. The second kappa shape index (κ2) is 9.43. The fourth-order valence-corrected chi connectivity index (χ4v) is 4.78. The second-order valence-electron chi connectivity index (χ2n) is 7.77. The van der Waals surface area contributed by atoms with Crippen molar-refractivity contribution in [1.82, 2.24) is 9.88 Å². The lowest BCUT2D eigenvalue weighted by atomic mass is 9.81. The summed E-state index contributed by atoms with van der Waals surface area (Å²) in [6, 6.07) is 0.0886. The molecule has 0 radical (unpaired) electrons. The first-order valence-corrected chi connectivity index (χ1v) is 11.1. The fourth-order valence-electron chi connectivity index (χ4n) is 4.10. The quantitative estimate of drug-likeness (QED) is 0.520. The number of hydrogen-bond acceptors (Lipinski definition) is 5. The van der Waals surface area contributed by atoms with Crippen LogP contribution in [0.1, 0.15) is 53.4 Å². The molecule has 0 unspecified atom stereocenters. The van der Waals surface area contributed by atoms with Gasteiger partial charge in [0.2, 0.25) is 5.60 Å². The summed E-state index contributed by atoms with van der Waals surface area (Å²) >= 11 is 0.322. The van der Waals surface area contributed by atoms with E-state index < -0.39 is 51.9 Å². The number of carbonyl (C=O) groups is 2. The number of nitrogens with zero attached hydrogens (tertiary/aromatic N) is 2. The highest BCUT2D eigenvalue weighted by atomic mass is 32.1. The van der Waals surface area contributed by atoms with E-state index in [2.05, 4.69) is 4.98 Å². The van der Waals surface area contributed by atoms with Gasteiger partial charge in [-0.1, -0.05) is 13.3 Å². The number of aromatic nitrogens is 1. The first-order chi connectivity index (χ1) is 15.8. The summed E-state index contributed by atoms with van der Waals surface area (Å²) in [4.78, 5) is 29.3. The van der Waals surface area contributed by atoms with Crippen LogP contribution < -0.4 is 4.74 Å². The SMILES string of the molecule is CCC[C@H]1N(C(=O)c2cnccc2C(F)(F)F)CCC[C@@]1(Oc1csc(C(F)(F)F)c1)C(=O)O. The maximum absolute atomic E-state index is 13.5. The smallest absolute Gasteiger partial charge is 0.425 e. The number of carbonyl (C=O) groups excluding carboxylic acids is 1. The monoisotopic (exact) mass is 510 g/mol. The zero-order valence-electron chi connectivity index (χ0n) is 17.7. The Morgan fingerprint density at radius 3 is 2.53 bits per heavy atom. The average molecular weight is 510 g/mol. The number of carboxylic acid groups (broad SMARTS) is 1. The lowest BCUT2D eigenvalue weighted by Crippen LogP contribution is -2.65. The van der Waals surface area contributed by atoms with Gasteiger partial charge in [-0.15, -0.1) is 11.3 Å². The van der Waals surface area contributed by atoms with E-state index in [-0.39, 0.29) is 31.6 Å². The minimum Gasteiger partial charge on any atom is -0.478 e. The molecular weight excluding hydrogens is 490 g/mol. The third-order valence-corrected chi connectivity index (χ3v) is 6.51. The number of pyridine rings is 1. The van der Waals surface area contributed by atoms with Gasteiger partial charge in [-0.2, -0.15) is 26.3 Å². The maximum Gasteiger partial charge on any atom is 0.425 e. The molecule has 3 rings (SSSR count). The van der Waals surface area contributed by atoms with Gasteiger partial charge in [-0.05, 0) is 18.9 Å². The molecule has 2 aromatic rings. The molecular formula is C21H20F6N2O4S. The van der Waals surface area contributed by atoms with Crippen molar-refractivity contribution in [2.24, 2.45) is 0 Å². The standard InChI is InChI=1S/C21H20F6N2O4S/c1-2-4-15-19(18(31)32,33-12-9-16(34-11-12)21(25,26)27)6-3-8-29(15)17(30)13-10-28-7-5-14(13)20(22,23)24/h5,7,9-11,15H,2-4,6,8H2,1H3,(H,31,32)/t15-,19+/m1/s1. The van der Waals surface area contributed by atoms with Crippen LogP contribution in [-0.4, -0.2) is 45.1 Å². The van der Waals surface area contributed by atoms with Crippen molar-refractivity contribution >= 4 is 23.2 Å². The third kappa shape index (κ3) is 4.98. The van der Waals surface area contributed by atoms with E-state index in [1.807, 2.05) is 0 Å². The molecule has 13 heteroatoms. The average Bonchev–Trinajstić information content (AvgIpc) is 3.23. The molecule has 1 amide bonds. The normalized spacial score (nSPS) is 21.4. The lowest BCUT2D eigenvalue weighted by Gasteiger charge is -2.47. The Hall–Kier alpha value is -2.83. The number of halogens is 6. The first-order valence-electron chi connectivity index (χ1n) is 10.2. The van der Waals surface area contributed by atoms with Gasteiger partial charge in [-0.3, -0.25) is 9.78 Å². The molecule has 2 atom stereocenters. The van der Waals surface area contributed by atoms with Crippen molar-refractivity contribution in [2.75, 3.05) is 6.54 Å². The summed E-state index contributed by atoms with van der Waals surface area (Å²) in [7, 11) is 0. The molecule has 0 aromatic carbocycles. The summed E-state index contributed by atoms with van der Waals surface area (Å²) in [5.74, 6) is -2.94. The number of thiophene rings is 1. The summed E-state index contributed by atoms with van der Waals surface area (Å²) in [5.41, 5.74) is -4.11. The van der Waals surface area contributed by atoms with Gasteiger partial charge < -0.3 is 14.7 Å². The number of piperidine rings is 1. The Labute approximate surface area is 194 Å². The predicted octanol–water partition coefficient (Wildman–Crippen LogP) is 5.49. The second-order valence-corrected chi connectivity index (χ2v) is 8.68. The number of ether oxygens (including phenoxy) is 1. The molecule has 0 saturated carbocycles. The van der Waals surface area contributed by atoms with Crippen LogP contribution >= 0.6 is 11.3 Å². The number of carboxylic acids is 1. The van der Waals surface area contributed by atoms with Crippen molar-refractivity contribution in [3.63, 3.8) is 0 Å². The molecule has 2 aromatic heterocycles. The van der Waals surface area contributed by atoms with Crippen LogP contribution in [-0.2, 0) is 17.1 Å². The molecule has 34 heavy (non-hydrogen) atoms. The van der Waals surface area contributed by atoms with Gasteiger partial charge in [0.05, 0.1) is 17.2 Å². The Bertz CT molecular complexity index is 1050. The minimum absolute atomic E-state index is 0.0376. The minimum atomic E-state index is -4.85. The van der Waals surface area contributed by atoms with Crippen LogP contribution in [0.25, 0.3) is 0 Å². The summed E-state index contributed by atoms with van der Waals surface area (Å²) in [6.07, 6.45) is -7.58. The molecule has 1 saturated heterocycles. The maximum atomic E-state index is 13.5. The molecule has 1 aliphatic rings. The summed E-state index contributed by atoms with van der Waals surface area (Å²) in [5, 5.41) is 11.1. The van der Waals surface area contributed by atoms with E-state index in [1.165, 1.54) is 0 Å². The van der Waals surface area contributed by atoms with E-state index >= 15 is 0 Å². The number of alkyl halides is 6. The Kier molecular flexibility index (Phi) is 7.15. The number of likely N-dealkylation sites (tertiary alicyclic amines) is 1. The highest BCUT2D eigenvalue weighted by molar-refractivity contribution is 7.10. The first kappa shape index (κ1) is 25.8. The molecule has 1 aliphatic heterocycles. The number of aliphatic carboxylic acids is 1. The van der Waals surface area contributed by atoms with Crippen LogP contribution in [0.3, 0.4) is 0 Å². The van der Waals surface area contributed by atoms with E-state index in [1.54, 1.807) is 6.92 Å². The van der Waals surface area contributed by atoms with Gasteiger partial charge in [0.15, 0.2) is 0 Å². The summed E-state index contributed by atoms with van der Waals surface area (Å²) in [6.45, 7) is 1.63. The lowest BCUT2D eigenvalue weighted by molar-refractivity contribution is -0.166. The van der Waals surface area contributed by atoms with E-state index in [0.717, 1.165) is 22.7 Å². The Morgan fingerprint density at radius 2 is 1.97 bits per heavy atom. The Morgan fingerprint density at radius 1 is 1.26 bits per heavy atom. The number of rotatable bonds is 6. The van der Waals surface area contributed by atoms with Gasteiger partial charge >= 0.3 is 18.3 Å². The third-order valence-electron chi connectivity index (χ3n) is 5.56. The zero-order chi connectivity index (χ0) is 25.3. The van der Waals surface area contributed by atoms with Crippen LogP contribution in [0.2, 0.25) is 0 Å². The predicted molar refractivity (Wildman–Crippen MR) is 109 cm³/mol. The van der Waals surface area contributed by atoms with E-state index in [4.69, 9.17) is 4.74 Å². The molecule has 3 heterocycles. The van der Waals surface area contributed by atoms with Gasteiger partial charge in [0.1, 0.15) is 10.6 Å². The van der Waals surface area contributed by atoms with Crippen molar-refractivity contribution in [2.45, 2.75) is 56.6 Å². The molecule has 0 aliphatic carbocycles. The van der Waals surface area contributed by atoms with Crippen LogP contribution in [0.4, 0.5) is 26.3 Å². The van der Waals surface area contributed by atoms with E-state index in [0.29, 0.717) is 29.9 Å². The zero-order valence-corrected chi connectivity index (χ0v) is 18.6. The van der Waals surface area contributed by atoms with Crippen LogP contribution in [0.15, 0.2) is 29.9 Å². The molecule has 1 N–H and O–H groups in total. The largest absolute Gasteiger partial charge is 0.478 e. The van der Waals surface area contributed by atoms with Gasteiger partial charge in [-0.25, -0.2) is 4.79 Å². The van der Waals surface area contributed by atoms with Crippen LogP contribution in [0.5, 0.6) is 5.75 Å². The van der Waals surface area contributed by atoms with Gasteiger partial charge in [0, 0.05) is 36.8 Å². The van der Waals surface area contributed by atoms with Crippen molar-refractivity contribution in [3.8, 4) is 5.75 Å². The molecule has 6 nitrogen and oxygen atoms in total. The molecule has 0 spiro atoms. The highest BCUT2D eigenvalue weighted by Gasteiger charge is 2.54. The highest BCUT2D eigenvalue weighted by Crippen LogP contribution is 2.41. The topological polar surface area (TPSA) is 79.7 Å². The molecule has 0 bridgehead atoms. The number of hydrogen-bond donors (Lipinski definition) is 1. The fraction of sp³-hybridized carbons (Fsp3) is 0.476. The van der Waals surface area contributed by atoms with Gasteiger partial charge in [0.25, 0.3) is 5.91 Å². The van der Waals surface area contributed by atoms with Crippen LogP contribution in [0, 0.1) is 0 Å². The molecule has 1 fully saturated rings. The van der Waals surface area contributed by atoms with Crippen molar-refractivity contribution < 1.29 is 45.8 Å².